The second-order valence-electron chi connectivity index (χ2n) is 5.36. The van der Waals surface area contributed by atoms with Gasteiger partial charge in [-0.25, -0.2) is 17.5 Å². The summed E-state index contributed by atoms with van der Waals surface area (Å²) in [5, 5.41) is 0. The zero-order chi connectivity index (χ0) is 14.8. The van der Waals surface area contributed by atoms with Crippen LogP contribution in [0.2, 0.25) is 0 Å². The van der Waals surface area contributed by atoms with E-state index < -0.39 is 15.8 Å². The van der Waals surface area contributed by atoms with Crippen molar-refractivity contribution in [2.75, 3.05) is 6.54 Å². The number of benzene rings is 1. The van der Waals surface area contributed by atoms with Gasteiger partial charge in [0.2, 0.25) is 10.0 Å². The molecule has 0 aliphatic heterocycles. The van der Waals surface area contributed by atoms with Gasteiger partial charge in [0.25, 0.3) is 0 Å². The summed E-state index contributed by atoms with van der Waals surface area (Å²) in [4.78, 5) is -0.515. The van der Waals surface area contributed by atoms with Gasteiger partial charge in [-0.05, 0) is 17.5 Å². The lowest BCUT2D eigenvalue weighted by Gasteiger charge is -2.19. The van der Waals surface area contributed by atoms with Gasteiger partial charge in [-0.1, -0.05) is 39.1 Å². The Morgan fingerprint density at radius 3 is 2.47 bits per heavy atom. The molecule has 0 saturated heterocycles. The molecule has 1 aromatic carbocycles. The molecule has 0 aliphatic rings. The number of thiocarbonyl (C=S) groups is 1. The Labute approximate surface area is 118 Å². The molecule has 0 atom stereocenters. The van der Waals surface area contributed by atoms with E-state index >= 15 is 0 Å². The van der Waals surface area contributed by atoms with E-state index in [0.717, 1.165) is 6.07 Å². The van der Waals surface area contributed by atoms with Crippen LogP contribution < -0.4 is 10.5 Å². The molecule has 0 aliphatic carbocycles. The second-order valence-corrected chi connectivity index (χ2v) is 7.54. The molecule has 0 aromatic heterocycles. The highest BCUT2D eigenvalue weighted by atomic mass is 32.2. The molecule has 0 spiro atoms. The molecule has 0 bridgehead atoms. The topological polar surface area (TPSA) is 72.2 Å². The molecule has 1 aromatic rings. The van der Waals surface area contributed by atoms with Crippen LogP contribution in [0.3, 0.4) is 0 Å². The first-order valence-electron chi connectivity index (χ1n) is 5.62. The summed E-state index contributed by atoms with van der Waals surface area (Å²) in [7, 11) is -3.85. The fourth-order valence-corrected chi connectivity index (χ4v) is 3.14. The molecular weight excluding hydrogens is 287 g/mol. The van der Waals surface area contributed by atoms with Gasteiger partial charge >= 0.3 is 0 Å². The van der Waals surface area contributed by atoms with Crippen LogP contribution in [0.25, 0.3) is 0 Å². The van der Waals surface area contributed by atoms with Crippen molar-refractivity contribution >= 4 is 27.2 Å². The molecule has 3 N–H and O–H groups in total. The number of rotatable bonds is 4. The normalized spacial score (nSPS) is 12.4. The minimum Gasteiger partial charge on any atom is -0.389 e. The van der Waals surface area contributed by atoms with Crippen LogP contribution in [-0.4, -0.2) is 20.0 Å². The maximum absolute atomic E-state index is 13.6. The van der Waals surface area contributed by atoms with E-state index in [2.05, 4.69) is 4.72 Å². The van der Waals surface area contributed by atoms with Gasteiger partial charge in [0.05, 0.1) is 10.5 Å². The van der Waals surface area contributed by atoms with E-state index in [1.165, 1.54) is 12.1 Å². The number of sulfonamides is 1. The molecule has 4 nitrogen and oxygen atoms in total. The van der Waals surface area contributed by atoms with Crippen molar-refractivity contribution in [2.24, 2.45) is 11.1 Å². The summed E-state index contributed by atoms with van der Waals surface area (Å²) in [5.74, 6) is -0.744. The Morgan fingerprint density at radius 1 is 1.42 bits per heavy atom. The summed E-state index contributed by atoms with van der Waals surface area (Å²) in [5.41, 5.74) is 4.91. The molecule has 106 valence electrons. The molecule has 7 heteroatoms. The van der Waals surface area contributed by atoms with E-state index in [-0.39, 0.29) is 27.4 Å². The summed E-state index contributed by atoms with van der Waals surface area (Å²) < 4.78 is 40.4. The summed E-state index contributed by atoms with van der Waals surface area (Å²) in [6.07, 6.45) is 0. The third-order valence-electron chi connectivity index (χ3n) is 2.30. The van der Waals surface area contributed by atoms with Crippen LogP contribution >= 0.6 is 12.2 Å². The van der Waals surface area contributed by atoms with Crippen LogP contribution in [0.15, 0.2) is 23.1 Å². The zero-order valence-corrected chi connectivity index (χ0v) is 12.7. The van der Waals surface area contributed by atoms with Crippen LogP contribution in [0.4, 0.5) is 4.39 Å². The van der Waals surface area contributed by atoms with Crippen LogP contribution in [0.5, 0.6) is 0 Å². The second kappa shape index (κ2) is 5.52. The van der Waals surface area contributed by atoms with E-state index in [4.69, 9.17) is 18.0 Å². The lowest BCUT2D eigenvalue weighted by atomic mass is 9.98. The first kappa shape index (κ1) is 16.0. The van der Waals surface area contributed by atoms with Gasteiger partial charge in [-0.3, -0.25) is 0 Å². The Balaban J connectivity index is 3.23. The monoisotopic (exact) mass is 304 g/mol. The third-order valence-corrected chi connectivity index (χ3v) is 3.95. The number of nitrogens with two attached hydrogens (primary N) is 1. The smallest absolute Gasteiger partial charge is 0.241 e. The number of halogens is 1. The maximum atomic E-state index is 13.6. The van der Waals surface area contributed by atoms with Gasteiger partial charge in [-0.2, -0.15) is 0 Å². The Morgan fingerprint density at radius 2 is 2.00 bits per heavy atom. The van der Waals surface area contributed by atoms with Gasteiger partial charge in [0, 0.05) is 6.54 Å². The van der Waals surface area contributed by atoms with Gasteiger partial charge < -0.3 is 5.73 Å². The molecule has 0 fully saturated rings. The highest BCUT2D eigenvalue weighted by Crippen LogP contribution is 2.20. The van der Waals surface area contributed by atoms with E-state index in [0.29, 0.717) is 0 Å². The summed E-state index contributed by atoms with van der Waals surface area (Å²) >= 11 is 4.71. The molecule has 0 saturated carbocycles. The van der Waals surface area contributed by atoms with Crippen molar-refractivity contribution in [1.82, 2.24) is 4.72 Å². The highest BCUT2D eigenvalue weighted by Gasteiger charge is 2.24. The van der Waals surface area contributed by atoms with Crippen molar-refractivity contribution in [3.05, 3.63) is 29.6 Å². The minimum atomic E-state index is -3.85. The minimum absolute atomic E-state index is 0.225. The quantitative estimate of drug-likeness (QED) is 0.832. The average molecular weight is 304 g/mol. The van der Waals surface area contributed by atoms with Gasteiger partial charge in [0.15, 0.2) is 0 Å². The Kier molecular flexibility index (Phi) is 4.65. The first-order chi connectivity index (χ1) is 8.54. The predicted molar refractivity (Wildman–Crippen MR) is 76.9 cm³/mol. The van der Waals surface area contributed by atoms with E-state index in [1.807, 2.05) is 20.8 Å². The fourth-order valence-electron chi connectivity index (χ4n) is 1.36. The van der Waals surface area contributed by atoms with Crippen LogP contribution in [-0.2, 0) is 10.0 Å². The van der Waals surface area contributed by atoms with Crippen LogP contribution in [0.1, 0.15) is 26.3 Å². The lowest BCUT2D eigenvalue weighted by Crippen LogP contribution is -2.33. The fraction of sp³-hybridized carbons (Fsp3) is 0.417. The summed E-state index contributed by atoms with van der Waals surface area (Å²) in [6.45, 7) is 5.88. The molecule has 0 unspecified atom stereocenters. The predicted octanol–water partition coefficient (Wildman–Crippen LogP) is 1.78. The van der Waals surface area contributed by atoms with Crippen molar-refractivity contribution in [2.45, 2.75) is 25.7 Å². The molecule has 0 heterocycles. The molecule has 0 radical (unpaired) electrons. The van der Waals surface area contributed by atoms with Crippen molar-refractivity contribution in [1.29, 1.82) is 0 Å². The first-order valence-corrected chi connectivity index (χ1v) is 7.52. The van der Waals surface area contributed by atoms with E-state index in [9.17, 15) is 12.8 Å². The Hall–Kier alpha value is -1.05. The highest BCUT2D eigenvalue weighted by molar-refractivity contribution is 7.89. The van der Waals surface area contributed by atoms with Crippen molar-refractivity contribution < 1.29 is 12.8 Å². The summed E-state index contributed by atoms with van der Waals surface area (Å²) in [6, 6.07) is 3.71. The number of hydrogen-bond acceptors (Lipinski definition) is 3. The molecular formula is C12H17FN2O2S2. The standard InChI is InChI=1S/C12H17FN2O2S2/c1-12(2,3)7-15-19(16,17)9-6-4-5-8(13)10(9)11(14)18/h4-6,15H,7H2,1-3H3,(H2,14,18). The van der Waals surface area contributed by atoms with E-state index in [1.54, 1.807) is 0 Å². The zero-order valence-electron chi connectivity index (χ0n) is 11.0. The molecule has 19 heavy (non-hydrogen) atoms. The molecule has 1 rings (SSSR count). The van der Waals surface area contributed by atoms with Gasteiger partial charge in [0.1, 0.15) is 10.8 Å². The molecule has 0 amide bonds. The third kappa shape index (κ3) is 4.22. The SMILES string of the molecule is CC(C)(C)CNS(=O)(=O)c1cccc(F)c1C(N)=S. The average Bonchev–Trinajstić information content (AvgIpc) is 2.25. The maximum Gasteiger partial charge on any atom is 0.241 e. The largest absolute Gasteiger partial charge is 0.389 e. The Bertz CT molecular complexity index is 592. The number of hydrogen-bond donors (Lipinski definition) is 2. The van der Waals surface area contributed by atoms with Crippen molar-refractivity contribution in [3.63, 3.8) is 0 Å². The number of nitrogens with one attached hydrogen (secondary N) is 1. The lowest BCUT2D eigenvalue weighted by molar-refractivity contribution is 0.407. The van der Waals surface area contributed by atoms with Gasteiger partial charge in [-0.15, -0.1) is 0 Å². The van der Waals surface area contributed by atoms with Crippen molar-refractivity contribution in [3.8, 4) is 0 Å². The van der Waals surface area contributed by atoms with Crippen LogP contribution in [0, 0.1) is 11.2 Å².